The third-order valence-corrected chi connectivity index (χ3v) is 8.19. The molecule has 0 saturated heterocycles. The number of aryl methyl sites for hydroxylation is 2. The van der Waals surface area contributed by atoms with E-state index in [9.17, 15) is 10.1 Å². The Balaban J connectivity index is 1.17. The molecular formula is C32H34N12O. The molecule has 228 valence electrons. The van der Waals surface area contributed by atoms with Crippen LogP contribution in [0.1, 0.15) is 42.5 Å². The second-order valence-corrected chi connectivity index (χ2v) is 11.2. The highest BCUT2D eigenvalue weighted by Crippen LogP contribution is 2.30. The molecule has 1 aliphatic carbocycles. The SMILES string of the molecule is Cc1c(-c2nc(N[C@H]3CC[C@H](N(C(=O)NCc4ccccc4)c4ncc(-c5cnn(C)c5)cn4)CC3)ncc2C#N)cnn1C. The summed E-state index contributed by atoms with van der Waals surface area (Å²) in [7, 11) is 3.71. The van der Waals surface area contributed by atoms with E-state index in [-0.39, 0.29) is 18.1 Å². The summed E-state index contributed by atoms with van der Waals surface area (Å²) >= 11 is 0. The van der Waals surface area contributed by atoms with Gasteiger partial charge < -0.3 is 10.6 Å². The van der Waals surface area contributed by atoms with Gasteiger partial charge >= 0.3 is 6.03 Å². The number of carbonyl (C=O) groups is 1. The lowest BCUT2D eigenvalue weighted by Gasteiger charge is -2.35. The van der Waals surface area contributed by atoms with Crippen molar-refractivity contribution < 1.29 is 4.79 Å². The summed E-state index contributed by atoms with van der Waals surface area (Å²) in [4.78, 5) is 33.7. The Labute approximate surface area is 261 Å². The zero-order chi connectivity index (χ0) is 31.3. The molecular weight excluding hydrogens is 568 g/mol. The Morgan fingerprint density at radius 2 is 1.73 bits per heavy atom. The summed E-state index contributed by atoms with van der Waals surface area (Å²) in [5.74, 6) is 0.819. The molecule has 0 spiro atoms. The van der Waals surface area contributed by atoms with Crippen molar-refractivity contribution in [3.63, 3.8) is 0 Å². The molecule has 0 aliphatic heterocycles. The third-order valence-electron chi connectivity index (χ3n) is 8.19. The molecule has 13 heteroatoms. The normalized spacial score (nSPS) is 16.1. The maximum Gasteiger partial charge on any atom is 0.324 e. The summed E-state index contributed by atoms with van der Waals surface area (Å²) in [5, 5.41) is 24.7. The number of hydrogen-bond donors (Lipinski definition) is 2. The second-order valence-electron chi connectivity index (χ2n) is 11.2. The molecule has 13 nitrogen and oxygen atoms in total. The molecule has 1 aliphatic rings. The van der Waals surface area contributed by atoms with Gasteiger partial charge in [0.05, 0.1) is 29.8 Å². The predicted octanol–water partition coefficient (Wildman–Crippen LogP) is 4.39. The Morgan fingerprint density at radius 3 is 2.38 bits per heavy atom. The van der Waals surface area contributed by atoms with Crippen LogP contribution < -0.4 is 15.5 Å². The summed E-state index contributed by atoms with van der Waals surface area (Å²) in [6.45, 7) is 2.34. The van der Waals surface area contributed by atoms with Gasteiger partial charge in [-0.1, -0.05) is 30.3 Å². The van der Waals surface area contributed by atoms with Crippen molar-refractivity contribution in [1.82, 2.24) is 44.8 Å². The van der Waals surface area contributed by atoms with Crippen molar-refractivity contribution in [3.05, 3.63) is 84.3 Å². The molecule has 6 rings (SSSR count). The fourth-order valence-electron chi connectivity index (χ4n) is 5.57. The van der Waals surface area contributed by atoms with Crippen molar-refractivity contribution in [1.29, 1.82) is 5.26 Å². The Hall–Kier alpha value is -5.64. The molecule has 0 radical (unpaired) electrons. The van der Waals surface area contributed by atoms with Crippen molar-refractivity contribution >= 4 is 17.9 Å². The molecule has 2 N–H and O–H groups in total. The van der Waals surface area contributed by atoms with Crippen LogP contribution in [0.25, 0.3) is 22.4 Å². The topological polar surface area (TPSA) is 155 Å². The monoisotopic (exact) mass is 602 g/mol. The van der Waals surface area contributed by atoms with Crippen LogP contribution in [0.2, 0.25) is 0 Å². The van der Waals surface area contributed by atoms with Gasteiger partial charge in [-0.25, -0.2) is 24.7 Å². The van der Waals surface area contributed by atoms with Crippen LogP contribution in [-0.2, 0) is 20.6 Å². The highest BCUT2D eigenvalue weighted by Gasteiger charge is 2.32. The first kappa shape index (κ1) is 29.4. The van der Waals surface area contributed by atoms with Gasteiger partial charge in [0.2, 0.25) is 11.9 Å². The standard InChI is InChI=1S/C32H34N12O/c1-21-28(19-39-43(21)3)29-23(13-33)15-34-30(41-29)40-26-9-11-27(12-10-26)44(32(45)37-14-22-7-5-4-6-8-22)31-35-16-24(17-36-31)25-18-38-42(2)20-25/h4-8,15-20,26-27H,9-12,14H2,1-3H3,(H,37,45)(H,34,40,41)/t26-,27-. The summed E-state index contributed by atoms with van der Waals surface area (Å²) in [6.07, 6.45) is 13.4. The smallest absolute Gasteiger partial charge is 0.324 e. The number of rotatable bonds is 8. The largest absolute Gasteiger partial charge is 0.351 e. The number of carbonyl (C=O) groups excluding carboxylic acids is 1. The van der Waals surface area contributed by atoms with Crippen molar-refractivity contribution in [3.8, 4) is 28.5 Å². The summed E-state index contributed by atoms with van der Waals surface area (Å²) in [6, 6.07) is 11.8. The number of amides is 2. The van der Waals surface area contributed by atoms with Gasteiger partial charge in [-0.3, -0.25) is 14.3 Å². The number of nitrogens with one attached hydrogen (secondary N) is 2. The van der Waals surface area contributed by atoms with E-state index in [2.05, 4.69) is 41.9 Å². The Morgan fingerprint density at radius 1 is 0.978 bits per heavy atom. The maximum atomic E-state index is 13.7. The van der Waals surface area contributed by atoms with E-state index in [1.807, 2.05) is 57.5 Å². The lowest BCUT2D eigenvalue weighted by molar-refractivity contribution is 0.240. The molecule has 2 amide bonds. The minimum absolute atomic E-state index is 0.0973. The van der Waals surface area contributed by atoms with Gasteiger partial charge in [0.1, 0.15) is 6.07 Å². The lowest BCUT2D eigenvalue weighted by Crippen LogP contribution is -2.49. The molecule has 5 aromatic rings. The molecule has 1 aromatic carbocycles. The minimum atomic E-state index is -0.240. The average molecular weight is 603 g/mol. The van der Waals surface area contributed by atoms with E-state index in [0.29, 0.717) is 29.7 Å². The molecule has 4 heterocycles. The lowest BCUT2D eigenvalue weighted by atomic mass is 9.90. The van der Waals surface area contributed by atoms with Crippen LogP contribution in [0.4, 0.5) is 16.7 Å². The first-order chi connectivity index (χ1) is 21.9. The van der Waals surface area contributed by atoms with Gasteiger partial charge in [0, 0.05) is 73.7 Å². The first-order valence-corrected chi connectivity index (χ1v) is 14.8. The fourth-order valence-corrected chi connectivity index (χ4v) is 5.57. The molecule has 0 bridgehead atoms. The Bertz CT molecular complexity index is 1820. The van der Waals surface area contributed by atoms with Crippen LogP contribution in [0.3, 0.4) is 0 Å². The van der Waals surface area contributed by atoms with E-state index < -0.39 is 0 Å². The van der Waals surface area contributed by atoms with Crippen LogP contribution in [0.5, 0.6) is 0 Å². The van der Waals surface area contributed by atoms with E-state index in [0.717, 1.165) is 53.6 Å². The highest BCUT2D eigenvalue weighted by atomic mass is 16.2. The number of nitriles is 1. The van der Waals surface area contributed by atoms with Crippen LogP contribution in [0, 0.1) is 18.3 Å². The molecule has 1 saturated carbocycles. The van der Waals surface area contributed by atoms with E-state index in [1.54, 1.807) is 45.2 Å². The van der Waals surface area contributed by atoms with Crippen molar-refractivity contribution in [2.75, 3.05) is 10.2 Å². The van der Waals surface area contributed by atoms with Gasteiger partial charge in [0.25, 0.3) is 0 Å². The Kier molecular flexibility index (Phi) is 8.45. The number of nitrogens with zero attached hydrogens (tertiary/aromatic N) is 10. The van der Waals surface area contributed by atoms with Gasteiger partial charge in [-0.05, 0) is 38.2 Å². The maximum absolute atomic E-state index is 13.7. The zero-order valence-electron chi connectivity index (χ0n) is 25.4. The third kappa shape index (κ3) is 6.50. The summed E-state index contributed by atoms with van der Waals surface area (Å²) in [5.41, 5.74) is 5.41. The molecule has 0 unspecified atom stereocenters. The predicted molar refractivity (Wildman–Crippen MR) is 169 cm³/mol. The number of aromatic nitrogens is 8. The van der Waals surface area contributed by atoms with Gasteiger partial charge in [-0.2, -0.15) is 15.5 Å². The van der Waals surface area contributed by atoms with Gasteiger partial charge in [0.15, 0.2) is 0 Å². The first-order valence-electron chi connectivity index (χ1n) is 14.8. The van der Waals surface area contributed by atoms with Crippen LogP contribution in [0.15, 0.2) is 67.5 Å². The van der Waals surface area contributed by atoms with Crippen molar-refractivity contribution in [2.45, 2.75) is 51.2 Å². The number of anilines is 2. The molecule has 0 atom stereocenters. The van der Waals surface area contributed by atoms with E-state index >= 15 is 0 Å². The number of hydrogen-bond acceptors (Lipinski definition) is 9. The molecule has 1 fully saturated rings. The van der Waals surface area contributed by atoms with Crippen molar-refractivity contribution in [2.24, 2.45) is 14.1 Å². The van der Waals surface area contributed by atoms with Crippen LogP contribution >= 0.6 is 0 Å². The van der Waals surface area contributed by atoms with E-state index in [4.69, 9.17) is 4.98 Å². The number of urea groups is 1. The van der Waals surface area contributed by atoms with E-state index in [1.165, 1.54) is 0 Å². The molecule has 4 aromatic heterocycles. The average Bonchev–Trinajstić information content (AvgIpc) is 3.66. The summed E-state index contributed by atoms with van der Waals surface area (Å²) < 4.78 is 3.48. The van der Waals surface area contributed by atoms with Crippen LogP contribution in [-0.4, -0.2) is 57.6 Å². The zero-order valence-corrected chi connectivity index (χ0v) is 25.4. The molecule has 45 heavy (non-hydrogen) atoms. The minimum Gasteiger partial charge on any atom is -0.351 e. The second kappa shape index (κ2) is 12.9. The number of benzene rings is 1. The fraction of sp³-hybridized carbons (Fsp3) is 0.312. The highest BCUT2D eigenvalue weighted by molar-refractivity contribution is 5.90. The van der Waals surface area contributed by atoms with Gasteiger partial charge in [-0.15, -0.1) is 0 Å². The quantitative estimate of drug-likeness (QED) is 0.263.